The van der Waals surface area contributed by atoms with Crippen LogP contribution in [0.2, 0.25) is 0 Å². The Kier molecular flexibility index (Phi) is 3.34. The molecule has 0 atom stereocenters. The number of aromatic nitrogens is 2. The molecule has 0 amide bonds. The standard InChI is InChI=1S/C8H12N2OS/c1-3-6-5-9-8(12-4-2)10-7(6)11/h5H,3-4H2,1-2H3,(H,9,10,11). The molecule has 0 aliphatic heterocycles. The highest BCUT2D eigenvalue weighted by molar-refractivity contribution is 7.99. The van der Waals surface area contributed by atoms with E-state index in [4.69, 9.17) is 0 Å². The van der Waals surface area contributed by atoms with Crippen molar-refractivity contribution in [2.24, 2.45) is 0 Å². The van der Waals surface area contributed by atoms with Crippen LogP contribution < -0.4 is 5.56 Å². The minimum absolute atomic E-state index is 0.0107. The maximum absolute atomic E-state index is 11.2. The van der Waals surface area contributed by atoms with E-state index in [0.717, 1.165) is 17.7 Å². The summed E-state index contributed by atoms with van der Waals surface area (Å²) in [7, 11) is 0. The molecular formula is C8H12N2OS. The third-order valence-electron chi connectivity index (χ3n) is 1.51. The summed E-state index contributed by atoms with van der Waals surface area (Å²) in [5, 5.41) is 0.708. The lowest BCUT2D eigenvalue weighted by Gasteiger charge is -1.98. The van der Waals surface area contributed by atoms with E-state index in [9.17, 15) is 4.79 Å². The van der Waals surface area contributed by atoms with Crippen LogP contribution in [-0.4, -0.2) is 15.7 Å². The van der Waals surface area contributed by atoms with Gasteiger partial charge in [0.1, 0.15) is 0 Å². The van der Waals surface area contributed by atoms with Gasteiger partial charge in [-0.15, -0.1) is 0 Å². The summed E-state index contributed by atoms with van der Waals surface area (Å²) < 4.78 is 0. The van der Waals surface area contributed by atoms with Gasteiger partial charge in [0.2, 0.25) is 0 Å². The minimum Gasteiger partial charge on any atom is -0.301 e. The van der Waals surface area contributed by atoms with Crippen LogP contribution >= 0.6 is 11.8 Å². The van der Waals surface area contributed by atoms with Crippen molar-refractivity contribution in [1.82, 2.24) is 9.97 Å². The number of H-pyrrole nitrogens is 1. The minimum atomic E-state index is -0.0107. The molecular weight excluding hydrogens is 172 g/mol. The summed E-state index contributed by atoms with van der Waals surface area (Å²) in [6.07, 6.45) is 2.39. The van der Waals surface area contributed by atoms with Gasteiger partial charge in [0.15, 0.2) is 5.16 Å². The Bertz CT molecular complexity index is 308. The molecule has 0 aliphatic rings. The van der Waals surface area contributed by atoms with Crippen LogP contribution in [0, 0.1) is 0 Å². The van der Waals surface area contributed by atoms with E-state index < -0.39 is 0 Å². The van der Waals surface area contributed by atoms with Crippen LogP contribution in [0.15, 0.2) is 16.1 Å². The highest BCUT2D eigenvalue weighted by atomic mass is 32.2. The monoisotopic (exact) mass is 184 g/mol. The summed E-state index contributed by atoms with van der Waals surface area (Å²) >= 11 is 1.54. The van der Waals surface area contributed by atoms with Crippen molar-refractivity contribution in [3.05, 3.63) is 22.1 Å². The zero-order chi connectivity index (χ0) is 8.97. The lowest BCUT2D eigenvalue weighted by atomic mass is 10.3. The lowest BCUT2D eigenvalue weighted by Crippen LogP contribution is -2.13. The van der Waals surface area contributed by atoms with E-state index in [-0.39, 0.29) is 5.56 Å². The van der Waals surface area contributed by atoms with Crippen LogP contribution in [0.25, 0.3) is 0 Å². The van der Waals surface area contributed by atoms with Crippen molar-refractivity contribution in [2.45, 2.75) is 25.4 Å². The van der Waals surface area contributed by atoms with E-state index >= 15 is 0 Å². The van der Waals surface area contributed by atoms with Crippen molar-refractivity contribution in [1.29, 1.82) is 0 Å². The summed E-state index contributed by atoms with van der Waals surface area (Å²) in [5.41, 5.74) is 0.735. The van der Waals surface area contributed by atoms with Crippen molar-refractivity contribution in [2.75, 3.05) is 5.75 Å². The smallest absolute Gasteiger partial charge is 0.254 e. The van der Waals surface area contributed by atoms with Crippen LogP contribution in [0.1, 0.15) is 19.4 Å². The van der Waals surface area contributed by atoms with Gasteiger partial charge in [0, 0.05) is 11.8 Å². The number of nitrogens with one attached hydrogen (secondary N) is 1. The predicted molar refractivity (Wildman–Crippen MR) is 50.6 cm³/mol. The molecule has 0 saturated carbocycles. The zero-order valence-corrected chi connectivity index (χ0v) is 8.07. The summed E-state index contributed by atoms with van der Waals surface area (Å²) in [6, 6.07) is 0. The fraction of sp³-hybridized carbons (Fsp3) is 0.500. The molecule has 1 rings (SSSR count). The molecule has 1 aromatic heterocycles. The Labute approximate surface area is 75.6 Å². The molecule has 1 N–H and O–H groups in total. The number of thioether (sulfide) groups is 1. The average Bonchev–Trinajstić information content (AvgIpc) is 2.05. The molecule has 0 aromatic carbocycles. The van der Waals surface area contributed by atoms with Gasteiger partial charge in [0.25, 0.3) is 5.56 Å². The number of hydrogen-bond donors (Lipinski definition) is 1. The Morgan fingerprint density at radius 2 is 2.33 bits per heavy atom. The molecule has 1 heterocycles. The highest BCUT2D eigenvalue weighted by Crippen LogP contribution is 2.08. The topological polar surface area (TPSA) is 45.8 Å². The second-order valence-electron chi connectivity index (χ2n) is 2.33. The molecule has 0 spiro atoms. The van der Waals surface area contributed by atoms with Gasteiger partial charge in [-0.25, -0.2) is 4.98 Å². The Hall–Kier alpha value is -0.770. The molecule has 0 saturated heterocycles. The Balaban J connectivity index is 2.94. The quantitative estimate of drug-likeness (QED) is 0.571. The first-order valence-electron chi connectivity index (χ1n) is 3.99. The average molecular weight is 184 g/mol. The van der Waals surface area contributed by atoms with Gasteiger partial charge >= 0.3 is 0 Å². The first-order valence-corrected chi connectivity index (χ1v) is 4.97. The van der Waals surface area contributed by atoms with Gasteiger partial charge in [-0.3, -0.25) is 4.79 Å². The number of aryl methyl sites for hydroxylation is 1. The number of rotatable bonds is 3. The Morgan fingerprint density at radius 3 is 2.83 bits per heavy atom. The van der Waals surface area contributed by atoms with Crippen LogP contribution in [0.3, 0.4) is 0 Å². The van der Waals surface area contributed by atoms with Gasteiger partial charge < -0.3 is 4.98 Å². The molecule has 0 aliphatic carbocycles. The largest absolute Gasteiger partial charge is 0.301 e. The van der Waals surface area contributed by atoms with Crippen molar-refractivity contribution >= 4 is 11.8 Å². The van der Waals surface area contributed by atoms with Crippen LogP contribution in [-0.2, 0) is 6.42 Å². The van der Waals surface area contributed by atoms with Crippen molar-refractivity contribution in [3.63, 3.8) is 0 Å². The Morgan fingerprint density at radius 1 is 1.58 bits per heavy atom. The fourth-order valence-electron chi connectivity index (χ4n) is 0.867. The zero-order valence-electron chi connectivity index (χ0n) is 7.26. The molecule has 1 aromatic rings. The molecule has 12 heavy (non-hydrogen) atoms. The van der Waals surface area contributed by atoms with E-state index in [1.54, 1.807) is 18.0 Å². The van der Waals surface area contributed by atoms with Crippen molar-refractivity contribution in [3.8, 4) is 0 Å². The van der Waals surface area contributed by atoms with Crippen LogP contribution in [0.5, 0.6) is 0 Å². The number of aromatic amines is 1. The molecule has 0 unspecified atom stereocenters. The summed E-state index contributed by atoms with van der Waals surface area (Å²) in [6.45, 7) is 3.97. The molecule has 4 heteroatoms. The number of nitrogens with zero attached hydrogens (tertiary/aromatic N) is 1. The first-order chi connectivity index (χ1) is 5.77. The molecule has 0 bridgehead atoms. The second-order valence-corrected chi connectivity index (χ2v) is 3.58. The van der Waals surface area contributed by atoms with E-state index in [1.165, 1.54) is 0 Å². The molecule has 66 valence electrons. The third kappa shape index (κ3) is 2.11. The van der Waals surface area contributed by atoms with Gasteiger partial charge in [0.05, 0.1) is 0 Å². The van der Waals surface area contributed by atoms with Gasteiger partial charge in [-0.1, -0.05) is 25.6 Å². The van der Waals surface area contributed by atoms with E-state index in [1.807, 2.05) is 13.8 Å². The van der Waals surface area contributed by atoms with Gasteiger partial charge in [-0.2, -0.15) is 0 Å². The fourth-order valence-corrected chi connectivity index (χ4v) is 1.43. The molecule has 0 radical (unpaired) electrons. The highest BCUT2D eigenvalue weighted by Gasteiger charge is 1.99. The maximum Gasteiger partial charge on any atom is 0.254 e. The predicted octanol–water partition coefficient (Wildman–Crippen LogP) is 1.44. The molecule has 3 nitrogen and oxygen atoms in total. The molecule has 0 fully saturated rings. The van der Waals surface area contributed by atoms with Crippen molar-refractivity contribution < 1.29 is 0 Å². The van der Waals surface area contributed by atoms with Crippen LogP contribution in [0.4, 0.5) is 0 Å². The normalized spacial score (nSPS) is 10.2. The SMILES string of the molecule is CCSc1ncc(CC)c(=O)[nH]1. The summed E-state index contributed by atoms with van der Waals surface area (Å²) in [5.74, 6) is 0.925. The maximum atomic E-state index is 11.2. The van der Waals surface area contributed by atoms with E-state index in [0.29, 0.717) is 5.16 Å². The lowest BCUT2D eigenvalue weighted by molar-refractivity contribution is 0.892. The third-order valence-corrected chi connectivity index (χ3v) is 2.28. The van der Waals surface area contributed by atoms with E-state index in [2.05, 4.69) is 9.97 Å². The summed E-state index contributed by atoms with van der Waals surface area (Å²) in [4.78, 5) is 18.1. The number of hydrogen-bond acceptors (Lipinski definition) is 3. The second kappa shape index (κ2) is 4.30. The van der Waals surface area contributed by atoms with Gasteiger partial charge in [-0.05, 0) is 12.2 Å². The first kappa shape index (κ1) is 9.32.